The molecule has 0 aliphatic heterocycles. The summed E-state index contributed by atoms with van der Waals surface area (Å²) in [5.74, 6) is 2.46. The molecule has 0 spiro atoms. The molecule has 2 rings (SSSR count). The molecule has 20 heavy (non-hydrogen) atoms. The van der Waals surface area contributed by atoms with E-state index >= 15 is 0 Å². The zero-order chi connectivity index (χ0) is 14.5. The van der Waals surface area contributed by atoms with Gasteiger partial charge in [-0.25, -0.2) is 0 Å². The molecule has 1 aromatic carbocycles. The third-order valence-corrected chi connectivity index (χ3v) is 3.38. The van der Waals surface area contributed by atoms with E-state index in [2.05, 4.69) is 12.2 Å². The maximum Gasteiger partial charge on any atom is 0.146 e. The van der Waals surface area contributed by atoms with E-state index in [-0.39, 0.29) is 0 Å². The van der Waals surface area contributed by atoms with Gasteiger partial charge in [0.2, 0.25) is 0 Å². The van der Waals surface area contributed by atoms with E-state index in [1.54, 1.807) is 0 Å². The smallest absolute Gasteiger partial charge is 0.146 e. The molecule has 108 valence electrons. The molecule has 4 heteroatoms. The fraction of sp³-hybridized carbons (Fsp3) is 0.375. The lowest BCUT2D eigenvalue weighted by molar-refractivity contribution is 0.265. The SMILES string of the molecule is CCNCc1oc(COc2cc(C)ccc2Cl)cc1C. The molecule has 0 radical (unpaired) electrons. The summed E-state index contributed by atoms with van der Waals surface area (Å²) in [5.41, 5.74) is 2.26. The Morgan fingerprint density at radius 2 is 2.05 bits per heavy atom. The van der Waals surface area contributed by atoms with Crippen molar-refractivity contribution in [2.45, 2.75) is 33.9 Å². The molecule has 0 saturated carbocycles. The standard InChI is InChI=1S/C16H20ClNO2/c1-4-18-9-16-12(3)8-13(20-16)10-19-15-7-11(2)5-6-14(15)17/h5-8,18H,4,9-10H2,1-3H3. The van der Waals surface area contributed by atoms with Crippen LogP contribution in [0.3, 0.4) is 0 Å². The predicted octanol–water partition coefficient (Wildman–Crippen LogP) is 4.24. The second-order valence-corrected chi connectivity index (χ2v) is 5.23. The van der Waals surface area contributed by atoms with Gasteiger partial charge < -0.3 is 14.5 Å². The Labute approximate surface area is 124 Å². The van der Waals surface area contributed by atoms with Gasteiger partial charge in [0.05, 0.1) is 11.6 Å². The molecule has 0 bridgehead atoms. The van der Waals surface area contributed by atoms with Gasteiger partial charge in [0, 0.05) is 0 Å². The van der Waals surface area contributed by atoms with Gasteiger partial charge in [-0.3, -0.25) is 0 Å². The summed E-state index contributed by atoms with van der Waals surface area (Å²) in [7, 11) is 0. The Hall–Kier alpha value is -1.45. The highest BCUT2D eigenvalue weighted by Gasteiger charge is 2.09. The van der Waals surface area contributed by atoms with Gasteiger partial charge in [0.15, 0.2) is 0 Å². The summed E-state index contributed by atoms with van der Waals surface area (Å²) in [6, 6.07) is 7.74. The number of hydrogen-bond acceptors (Lipinski definition) is 3. The number of hydrogen-bond donors (Lipinski definition) is 1. The fourth-order valence-electron chi connectivity index (χ4n) is 1.95. The Bertz CT molecular complexity index is 578. The summed E-state index contributed by atoms with van der Waals surface area (Å²) in [4.78, 5) is 0. The molecule has 0 atom stereocenters. The summed E-state index contributed by atoms with van der Waals surface area (Å²) >= 11 is 6.10. The van der Waals surface area contributed by atoms with Crippen molar-refractivity contribution in [3.05, 3.63) is 51.9 Å². The second-order valence-electron chi connectivity index (χ2n) is 4.82. The third kappa shape index (κ3) is 3.78. The fourth-order valence-corrected chi connectivity index (χ4v) is 2.12. The lowest BCUT2D eigenvalue weighted by atomic mass is 10.2. The first kappa shape index (κ1) is 14.9. The van der Waals surface area contributed by atoms with Crippen molar-refractivity contribution in [1.82, 2.24) is 5.32 Å². The number of rotatable bonds is 6. The Morgan fingerprint density at radius 1 is 1.25 bits per heavy atom. The lowest BCUT2D eigenvalue weighted by Crippen LogP contribution is -2.11. The minimum Gasteiger partial charge on any atom is -0.484 e. The quantitative estimate of drug-likeness (QED) is 0.865. The van der Waals surface area contributed by atoms with Crippen LogP contribution < -0.4 is 10.1 Å². The van der Waals surface area contributed by atoms with E-state index in [1.807, 2.05) is 38.1 Å². The van der Waals surface area contributed by atoms with Crippen LogP contribution in [0.2, 0.25) is 5.02 Å². The first-order valence-corrected chi connectivity index (χ1v) is 7.15. The summed E-state index contributed by atoms with van der Waals surface area (Å²) in [6.45, 7) is 8.17. The molecule has 1 aromatic heterocycles. The van der Waals surface area contributed by atoms with Gasteiger partial charge in [-0.15, -0.1) is 0 Å². The maximum absolute atomic E-state index is 6.10. The largest absolute Gasteiger partial charge is 0.484 e. The summed E-state index contributed by atoms with van der Waals surface area (Å²) < 4.78 is 11.5. The van der Waals surface area contributed by atoms with Crippen LogP contribution in [0, 0.1) is 13.8 Å². The first-order valence-electron chi connectivity index (χ1n) is 6.78. The average Bonchev–Trinajstić information content (AvgIpc) is 2.78. The van der Waals surface area contributed by atoms with Crippen LogP contribution in [0.1, 0.15) is 29.6 Å². The molecule has 0 fully saturated rings. The van der Waals surface area contributed by atoms with E-state index in [4.69, 9.17) is 20.8 Å². The normalized spacial score (nSPS) is 10.8. The Balaban J connectivity index is 2.02. The molecule has 3 nitrogen and oxygen atoms in total. The number of benzene rings is 1. The van der Waals surface area contributed by atoms with Crippen LogP contribution in [0.25, 0.3) is 0 Å². The van der Waals surface area contributed by atoms with Gasteiger partial charge >= 0.3 is 0 Å². The van der Waals surface area contributed by atoms with Crippen LogP contribution in [-0.4, -0.2) is 6.54 Å². The van der Waals surface area contributed by atoms with E-state index in [1.165, 1.54) is 0 Å². The van der Waals surface area contributed by atoms with Crippen LogP contribution >= 0.6 is 11.6 Å². The molecule has 0 saturated heterocycles. The highest BCUT2D eigenvalue weighted by Crippen LogP contribution is 2.26. The van der Waals surface area contributed by atoms with Gasteiger partial charge in [0.1, 0.15) is 23.9 Å². The highest BCUT2D eigenvalue weighted by molar-refractivity contribution is 6.32. The van der Waals surface area contributed by atoms with Crippen molar-refractivity contribution in [3.63, 3.8) is 0 Å². The van der Waals surface area contributed by atoms with Gasteiger partial charge in [-0.05, 0) is 49.7 Å². The maximum atomic E-state index is 6.10. The van der Waals surface area contributed by atoms with E-state index in [0.29, 0.717) is 17.4 Å². The van der Waals surface area contributed by atoms with Crippen molar-refractivity contribution in [3.8, 4) is 5.75 Å². The molecule has 0 aliphatic carbocycles. The second kappa shape index (κ2) is 6.82. The van der Waals surface area contributed by atoms with E-state index < -0.39 is 0 Å². The Kier molecular flexibility index (Phi) is 5.10. The Morgan fingerprint density at radius 3 is 2.80 bits per heavy atom. The number of aryl methyl sites for hydroxylation is 2. The number of halogens is 1. The highest BCUT2D eigenvalue weighted by atomic mass is 35.5. The molecular formula is C16H20ClNO2. The minimum atomic E-state index is 0.385. The van der Waals surface area contributed by atoms with E-state index in [0.717, 1.165) is 35.7 Å². The number of ether oxygens (including phenoxy) is 1. The predicted molar refractivity (Wildman–Crippen MR) is 81.3 cm³/mol. The number of furan rings is 1. The van der Waals surface area contributed by atoms with Crippen LogP contribution in [0.4, 0.5) is 0 Å². The number of nitrogens with one attached hydrogen (secondary N) is 1. The molecular weight excluding hydrogens is 274 g/mol. The average molecular weight is 294 g/mol. The van der Waals surface area contributed by atoms with Crippen LogP contribution in [0.5, 0.6) is 5.75 Å². The molecule has 2 aromatic rings. The lowest BCUT2D eigenvalue weighted by Gasteiger charge is -2.07. The molecule has 1 heterocycles. The van der Waals surface area contributed by atoms with Crippen LogP contribution in [0.15, 0.2) is 28.7 Å². The summed E-state index contributed by atoms with van der Waals surface area (Å²) in [5, 5.41) is 3.87. The zero-order valence-electron chi connectivity index (χ0n) is 12.1. The molecule has 0 aliphatic rings. The topological polar surface area (TPSA) is 34.4 Å². The first-order chi connectivity index (χ1) is 9.60. The third-order valence-electron chi connectivity index (χ3n) is 3.06. The monoisotopic (exact) mass is 293 g/mol. The summed E-state index contributed by atoms with van der Waals surface area (Å²) in [6.07, 6.45) is 0. The minimum absolute atomic E-state index is 0.385. The van der Waals surface area contributed by atoms with Crippen molar-refractivity contribution in [2.75, 3.05) is 6.54 Å². The van der Waals surface area contributed by atoms with Crippen molar-refractivity contribution in [1.29, 1.82) is 0 Å². The molecule has 0 unspecified atom stereocenters. The molecule has 1 N–H and O–H groups in total. The van der Waals surface area contributed by atoms with Crippen molar-refractivity contribution >= 4 is 11.6 Å². The van der Waals surface area contributed by atoms with Crippen molar-refractivity contribution in [2.24, 2.45) is 0 Å². The van der Waals surface area contributed by atoms with Gasteiger partial charge in [0.25, 0.3) is 0 Å². The zero-order valence-corrected chi connectivity index (χ0v) is 12.9. The van der Waals surface area contributed by atoms with Crippen LogP contribution in [-0.2, 0) is 13.2 Å². The molecule has 0 amide bonds. The van der Waals surface area contributed by atoms with Crippen molar-refractivity contribution < 1.29 is 9.15 Å². The van der Waals surface area contributed by atoms with Gasteiger partial charge in [-0.1, -0.05) is 24.6 Å². The van der Waals surface area contributed by atoms with Gasteiger partial charge in [-0.2, -0.15) is 0 Å². The van der Waals surface area contributed by atoms with E-state index in [9.17, 15) is 0 Å².